The highest BCUT2D eigenvalue weighted by molar-refractivity contribution is 5.72. The van der Waals surface area contributed by atoms with Crippen molar-refractivity contribution in [3.05, 3.63) is 0 Å². The Morgan fingerprint density at radius 3 is 1.93 bits per heavy atom. The lowest BCUT2D eigenvalue weighted by Gasteiger charge is -2.16. The molecule has 0 amide bonds. The van der Waals surface area contributed by atoms with Gasteiger partial charge in [-0.1, -0.05) is 0 Å². The van der Waals surface area contributed by atoms with Crippen molar-refractivity contribution in [1.29, 1.82) is 0 Å². The summed E-state index contributed by atoms with van der Waals surface area (Å²) in [5.41, 5.74) is 0. The van der Waals surface area contributed by atoms with Gasteiger partial charge in [-0.05, 0) is 0 Å². The minimum absolute atomic E-state index is 0.500. The van der Waals surface area contributed by atoms with Gasteiger partial charge >= 0.3 is 11.9 Å². The summed E-state index contributed by atoms with van der Waals surface area (Å²) < 4.78 is 0. The van der Waals surface area contributed by atoms with E-state index < -0.39 is 43.1 Å². The predicted molar refractivity (Wildman–Crippen MR) is 42.5 cm³/mol. The van der Waals surface area contributed by atoms with Crippen LogP contribution in [-0.4, -0.2) is 55.8 Å². The van der Waals surface area contributed by atoms with Crippen LogP contribution in [0, 0.1) is 0 Å². The summed E-state index contributed by atoms with van der Waals surface area (Å²) in [5, 5.41) is 43.2. The molecule has 0 bridgehead atoms. The fourth-order valence-electron chi connectivity index (χ4n) is 0.857. The Morgan fingerprint density at radius 1 is 1.07 bits per heavy atom. The van der Waals surface area contributed by atoms with Crippen LogP contribution in [0.25, 0.3) is 0 Å². The summed E-state index contributed by atoms with van der Waals surface area (Å²) in [4.78, 5) is 20.2. The van der Waals surface area contributed by atoms with E-state index in [-0.39, 0.29) is 0 Å². The molecule has 0 saturated carbocycles. The highest BCUT2D eigenvalue weighted by atomic mass is 16.4. The molecule has 3 unspecified atom stereocenters. The van der Waals surface area contributed by atoms with Gasteiger partial charge in [0.2, 0.25) is 0 Å². The van der Waals surface area contributed by atoms with Crippen LogP contribution < -0.4 is 0 Å². The predicted octanol–water partition coefficient (Wildman–Crippen LogP) is -1.98. The highest BCUT2D eigenvalue weighted by Gasteiger charge is 2.26. The van der Waals surface area contributed by atoms with Gasteiger partial charge in [-0.15, -0.1) is 0 Å². The molecule has 5 N–H and O–H groups in total. The lowest BCUT2D eigenvalue weighted by Crippen LogP contribution is -2.36. The number of carbonyl (C=O) groups is 2. The third-order valence-corrected chi connectivity index (χ3v) is 1.54. The number of hydrogen-bond acceptors (Lipinski definition) is 5. The summed E-state index contributed by atoms with van der Waals surface area (Å²) in [6.45, 7) is 0. The minimum atomic E-state index is -2.02. The molecular weight excluding hydrogens is 196 g/mol. The van der Waals surface area contributed by atoms with Crippen molar-refractivity contribution in [1.82, 2.24) is 0 Å². The molecule has 3 atom stereocenters. The molecule has 0 spiro atoms. The number of aliphatic hydroxyl groups is 3. The van der Waals surface area contributed by atoms with E-state index in [9.17, 15) is 9.59 Å². The van der Waals surface area contributed by atoms with Gasteiger partial charge in [-0.2, -0.15) is 0 Å². The van der Waals surface area contributed by atoms with Crippen molar-refractivity contribution >= 4 is 11.9 Å². The standard InChI is InChI=1S/C7H12O7/c8-3(2-5(10)11)1-4(9)6(12)7(13)14/h3-4,6,8-9,12H,1-2H2,(H,10,11)(H,13,14). The van der Waals surface area contributed by atoms with Crippen LogP contribution in [0.4, 0.5) is 0 Å². The van der Waals surface area contributed by atoms with Gasteiger partial charge in [0.05, 0.1) is 18.6 Å². The zero-order valence-electron chi connectivity index (χ0n) is 7.20. The lowest BCUT2D eigenvalue weighted by atomic mass is 10.0. The monoisotopic (exact) mass is 208 g/mol. The quantitative estimate of drug-likeness (QED) is 0.341. The Labute approximate surface area is 79.2 Å². The summed E-state index contributed by atoms with van der Waals surface area (Å²) in [5.74, 6) is -2.89. The van der Waals surface area contributed by atoms with Crippen LogP contribution in [0.2, 0.25) is 0 Å². The third kappa shape index (κ3) is 4.75. The van der Waals surface area contributed by atoms with Gasteiger partial charge in [0.1, 0.15) is 0 Å². The number of rotatable bonds is 6. The van der Waals surface area contributed by atoms with Crippen LogP contribution in [0.1, 0.15) is 12.8 Å². The van der Waals surface area contributed by atoms with Crippen LogP contribution >= 0.6 is 0 Å². The third-order valence-electron chi connectivity index (χ3n) is 1.54. The molecule has 0 aliphatic rings. The van der Waals surface area contributed by atoms with Crippen LogP contribution in [0.5, 0.6) is 0 Å². The molecule has 14 heavy (non-hydrogen) atoms. The summed E-state index contributed by atoms with van der Waals surface area (Å²) in [6, 6.07) is 0. The smallest absolute Gasteiger partial charge is 0.335 e. The molecule has 7 heteroatoms. The largest absolute Gasteiger partial charge is 0.481 e. The van der Waals surface area contributed by atoms with Crippen molar-refractivity contribution in [2.75, 3.05) is 0 Å². The van der Waals surface area contributed by atoms with Crippen molar-refractivity contribution in [2.45, 2.75) is 31.2 Å². The highest BCUT2D eigenvalue weighted by Crippen LogP contribution is 2.06. The summed E-state index contributed by atoms with van der Waals surface area (Å²) >= 11 is 0. The molecule has 7 nitrogen and oxygen atoms in total. The fraction of sp³-hybridized carbons (Fsp3) is 0.714. The molecule has 0 aliphatic carbocycles. The van der Waals surface area contributed by atoms with E-state index >= 15 is 0 Å². The molecule has 0 saturated heterocycles. The van der Waals surface area contributed by atoms with E-state index in [0.29, 0.717) is 0 Å². The molecule has 0 aromatic heterocycles. The van der Waals surface area contributed by atoms with Gasteiger partial charge in [-0.3, -0.25) is 4.79 Å². The van der Waals surface area contributed by atoms with E-state index in [0.717, 1.165) is 0 Å². The van der Waals surface area contributed by atoms with Gasteiger partial charge in [0.15, 0.2) is 6.10 Å². The van der Waals surface area contributed by atoms with E-state index in [1.165, 1.54) is 0 Å². The first-order valence-corrected chi connectivity index (χ1v) is 3.83. The van der Waals surface area contributed by atoms with Crippen molar-refractivity contribution in [2.24, 2.45) is 0 Å². The van der Waals surface area contributed by atoms with Crippen LogP contribution in [-0.2, 0) is 9.59 Å². The maximum Gasteiger partial charge on any atom is 0.335 e. The Morgan fingerprint density at radius 2 is 1.57 bits per heavy atom. The number of aliphatic carboxylic acids is 2. The topological polar surface area (TPSA) is 135 Å². The molecular formula is C7H12O7. The number of aliphatic hydroxyl groups excluding tert-OH is 3. The Bertz CT molecular complexity index is 214. The Balaban J connectivity index is 3.98. The second-order valence-electron chi connectivity index (χ2n) is 2.84. The van der Waals surface area contributed by atoms with Crippen molar-refractivity contribution in [3.63, 3.8) is 0 Å². The second kappa shape index (κ2) is 5.53. The van der Waals surface area contributed by atoms with E-state index in [1.54, 1.807) is 0 Å². The summed E-state index contributed by atoms with van der Waals surface area (Å²) in [6.07, 6.45) is -6.18. The average Bonchev–Trinajstić information content (AvgIpc) is 2.00. The molecule has 0 aromatic carbocycles. The Hall–Kier alpha value is -1.18. The van der Waals surface area contributed by atoms with Crippen LogP contribution in [0.15, 0.2) is 0 Å². The minimum Gasteiger partial charge on any atom is -0.481 e. The molecule has 0 heterocycles. The number of carboxylic acids is 2. The van der Waals surface area contributed by atoms with Crippen molar-refractivity contribution < 1.29 is 35.1 Å². The SMILES string of the molecule is O=C(O)CC(O)CC(O)C(O)C(=O)O. The van der Waals surface area contributed by atoms with Gasteiger partial charge in [-0.25, -0.2) is 4.79 Å². The van der Waals surface area contributed by atoms with Crippen LogP contribution in [0.3, 0.4) is 0 Å². The number of hydrogen-bond donors (Lipinski definition) is 5. The van der Waals surface area contributed by atoms with Gasteiger partial charge in [0.25, 0.3) is 0 Å². The maximum atomic E-state index is 10.1. The molecule has 0 fully saturated rings. The molecule has 82 valence electrons. The zero-order chi connectivity index (χ0) is 11.3. The second-order valence-corrected chi connectivity index (χ2v) is 2.84. The van der Waals surface area contributed by atoms with E-state index in [1.807, 2.05) is 0 Å². The first-order valence-electron chi connectivity index (χ1n) is 3.83. The Kier molecular flexibility index (Phi) is 5.06. The normalized spacial score (nSPS) is 17.1. The van der Waals surface area contributed by atoms with E-state index in [2.05, 4.69) is 0 Å². The van der Waals surface area contributed by atoms with Gasteiger partial charge in [0, 0.05) is 6.42 Å². The first kappa shape index (κ1) is 12.8. The molecule has 0 aliphatic heterocycles. The number of carboxylic acid groups (broad SMARTS) is 2. The van der Waals surface area contributed by atoms with E-state index in [4.69, 9.17) is 25.5 Å². The maximum absolute atomic E-state index is 10.1. The lowest BCUT2D eigenvalue weighted by molar-refractivity contribution is -0.154. The zero-order valence-corrected chi connectivity index (χ0v) is 7.20. The molecule has 0 rings (SSSR count). The van der Waals surface area contributed by atoms with Gasteiger partial charge < -0.3 is 25.5 Å². The average molecular weight is 208 g/mol. The first-order chi connectivity index (χ1) is 6.34. The summed E-state index contributed by atoms with van der Waals surface area (Å²) in [7, 11) is 0. The fourth-order valence-corrected chi connectivity index (χ4v) is 0.857. The molecule has 0 aromatic rings. The van der Waals surface area contributed by atoms with Crippen molar-refractivity contribution in [3.8, 4) is 0 Å². The molecule has 0 radical (unpaired) electrons.